The lowest BCUT2D eigenvalue weighted by Gasteiger charge is -2.34. The quantitative estimate of drug-likeness (QED) is 0.380. The van der Waals surface area contributed by atoms with Crippen molar-refractivity contribution < 1.29 is 22.7 Å². The summed E-state index contributed by atoms with van der Waals surface area (Å²) in [6, 6.07) is 19.8. The normalized spacial score (nSPS) is 12.4. The molecule has 1 atom stereocenters. The maximum Gasteiger partial charge on any atom is 0.264 e. The van der Waals surface area contributed by atoms with Gasteiger partial charge in [-0.05, 0) is 88.6 Å². The number of anilines is 1. The van der Waals surface area contributed by atoms with Crippen molar-refractivity contribution in [2.24, 2.45) is 0 Å². The van der Waals surface area contributed by atoms with Crippen LogP contribution in [0.1, 0.15) is 44.4 Å². The fourth-order valence-electron chi connectivity index (χ4n) is 4.25. The second-order valence-electron chi connectivity index (χ2n) is 10.9. The average molecular weight is 566 g/mol. The van der Waals surface area contributed by atoms with E-state index >= 15 is 0 Å². The third-order valence-electron chi connectivity index (χ3n) is 6.40. The predicted octanol–water partition coefficient (Wildman–Crippen LogP) is 4.84. The van der Waals surface area contributed by atoms with E-state index in [0.29, 0.717) is 17.0 Å². The van der Waals surface area contributed by atoms with Crippen LogP contribution in [-0.4, -0.2) is 50.4 Å². The zero-order chi connectivity index (χ0) is 29.7. The van der Waals surface area contributed by atoms with Crippen LogP contribution in [0, 0.1) is 13.8 Å². The zero-order valence-electron chi connectivity index (χ0n) is 24.3. The molecule has 0 radical (unpaired) electrons. The smallest absolute Gasteiger partial charge is 0.264 e. The van der Waals surface area contributed by atoms with Crippen LogP contribution in [0.15, 0.2) is 77.7 Å². The Bertz CT molecular complexity index is 1450. The van der Waals surface area contributed by atoms with Crippen molar-refractivity contribution in [1.82, 2.24) is 10.2 Å². The first kappa shape index (κ1) is 30.7. The van der Waals surface area contributed by atoms with E-state index in [1.165, 1.54) is 17.0 Å². The molecule has 0 aliphatic rings. The molecule has 0 unspecified atom stereocenters. The Morgan fingerprint density at radius 1 is 0.950 bits per heavy atom. The highest BCUT2D eigenvalue weighted by atomic mass is 32.2. The van der Waals surface area contributed by atoms with E-state index in [9.17, 15) is 18.0 Å². The minimum absolute atomic E-state index is 0.0709. The van der Waals surface area contributed by atoms with E-state index in [-0.39, 0.29) is 17.3 Å². The number of hydrogen-bond acceptors (Lipinski definition) is 5. The number of methoxy groups -OCH3 is 1. The van der Waals surface area contributed by atoms with Gasteiger partial charge in [0.05, 0.1) is 17.7 Å². The van der Waals surface area contributed by atoms with Gasteiger partial charge in [-0.15, -0.1) is 0 Å². The highest BCUT2D eigenvalue weighted by molar-refractivity contribution is 7.92. The van der Waals surface area contributed by atoms with Gasteiger partial charge < -0.3 is 15.0 Å². The monoisotopic (exact) mass is 565 g/mol. The third kappa shape index (κ3) is 7.63. The van der Waals surface area contributed by atoms with Gasteiger partial charge in [0.1, 0.15) is 18.3 Å². The van der Waals surface area contributed by atoms with Crippen molar-refractivity contribution in [1.29, 1.82) is 0 Å². The summed E-state index contributed by atoms with van der Waals surface area (Å²) < 4.78 is 34.4. The Kier molecular flexibility index (Phi) is 9.63. The molecule has 2 amide bonds. The van der Waals surface area contributed by atoms with E-state index in [0.717, 1.165) is 15.4 Å². The molecule has 0 saturated heterocycles. The SMILES string of the molecule is COc1cccc(CN(C(=O)CN(c2cc(C)ccc2C)S(=O)(=O)c2ccccc2)[C@@H](C)C(=O)NC(C)(C)C)c1. The molecule has 0 heterocycles. The van der Waals surface area contributed by atoms with Crippen LogP contribution in [0.2, 0.25) is 0 Å². The van der Waals surface area contributed by atoms with Crippen LogP contribution in [0.5, 0.6) is 5.75 Å². The summed E-state index contributed by atoms with van der Waals surface area (Å²) in [5.41, 5.74) is 2.19. The molecular weight excluding hydrogens is 526 g/mol. The van der Waals surface area contributed by atoms with E-state index in [1.54, 1.807) is 63.4 Å². The third-order valence-corrected chi connectivity index (χ3v) is 8.17. The molecule has 0 fully saturated rings. The van der Waals surface area contributed by atoms with Crippen LogP contribution >= 0.6 is 0 Å². The molecule has 214 valence electrons. The first-order valence-electron chi connectivity index (χ1n) is 13.1. The molecule has 3 rings (SSSR count). The molecule has 0 spiro atoms. The Hall–Kier alpha value is -3.85. The molecule has 0 aromatic heterocycles. The van der Waals surface area contributed by atoms with Crippen LogP contribution in [0.25, 0.3) is 0 Å². The maximum absolute atomic E-state index is 14.1. The summed E-state index contributed by atoms with van der Waals surface area (Å²) in [6.45, 7) is 10.5. The Morgan fingerprint density at radius 3 is 2.25 bits per heavy atom. The molecule has 9 heteroatoms. The van der Waals surface area contributed by atoms with Gasteiger partial charge >= 0.3 is 0 Å². The van der Waals surface area contributed by atoms with Crippen LogP contribution in [0.3, 0.4) is 0 Å². The van der Waals surface area contributed by atoms with E-state index < -0.39 is 34.1 Å². The summed E-state index contributed by atoms with van der Waals surface area (Å²) in [6.07, 6.45) is 0. The van der Waals surface area contributed by atoms with Crippen molar-refractivity contribution in [3.05, 3.63) is 89.5 Å². The van der Waals surface area contributed by atoms with Crippen molar-refractivity contribution in [2.45, 2.75) is 64.6 Å². The minimum Gasteiger partial charge on any atom is -0.497 e. The van der Waals surface area contributed by atoms with E-state index in [4.69, 9.17) is 4.74 Å². The molecule has 0 aliphatic carbocycles. The number of ether oxygens (including phenoxy) is 1. The topological polar surface area (TPSA) is 96.0 Å². The Morgan fingerprint density at radius 2 is 1.62 bits per heavy atom. The maximum atomic E-state index is 14.1. The lowest BCUT2D eigenvalue weighted by atomic mass is 10.1. The number of hydrogen-bond donors (Lipinski definition) is 1. The van der Waals surface area contributed by atoms with Gasteiger partial charge in [-0.2, -0.15) is 0 Å². The molecule has 0 aliphatic heterocycles. The van der Waals surface area contributed by atoms with Gasteiger partial charge in [-0.1, -0.05) is 42.5 Å². The van der Waals surface area contributed by atoms with Gasteiger partial charge in [0.15, 0.2) is 0 Å². The number of nitrogens with zero attached hydrogens (tertiary/aromatic N) is 2. The first-order valence-corrected chi connectivity index (χ1v) is 14.6. The standard InChI is InChI=1S/C31H39N3O5S/c1-22-16-17-23(2)28(18-22)34(40(37,38)27-14-9-8-10-15-27)21-29(35)33(24(3)30(36)32-31(4,5)6)20-25-12-11-13-26(19-25)39-7/h8-19,24H,20-21H2,1-7H3,(H,32,36)/t24-/m0/s1. The van der Waals surface area contributed by atoms with Crippen molar-refractivity contribution in [2.75, 3.05) is 18.0 Å². The van der Waals surface area contributed by atoms with Gasteiger partial charge in [-0.25, -0.2) is 8.42 Å². The molecule has 8 nitrogen and oxygen atoms in total. The van der Waals surface area contributed by atoms with Crippen molar-refractivity contribution in [3.63, 3.8) is 0 Å². The number of aryl methyl sites for hydroxylation is 2. The van der Waals surface area contributed by atoms with Crippen molar-refractivity contribution in [3.8, 4) is 5.75 Å². The fraction of sp³-hybridized carbons (Fsp3) is 0.355. The van der Waals surface area contributed by atoms with Gasteiger partial charge in [0.25, 0.3) is 10.0 Å². The fourth-order valence-corrected chi connectivity index (χ4v) is 5.74. The lowest BCUT2D eigenvalue weighted by Crippen LogP contribution is -2.54. The van der Waals surface area contributed by atoms with Crippen LogP contribution in [0.4, 0.5) is 5.69 Å². The number of amides is 2. The largest absolute Gasteiger partial charge is 0.497 e. The lowest BCUT2D eigenvalue weighted by molar-refractivity contribution is -0.140. The van der Waals surface area contributed by atoms with Crippen LogP contribution in [-0.2, 0) is 26.2 Å². The number of carbonyl (C=O) groups is 2. The summed E-state index contributed by atoms with van der Waals surface area (Å²) >= 11 is 0. The number of benzene rings is 3. The van der Waals surface area contributed by atoms with Gasteiger partial charge in [0, 0.05) is 12.1 Å². The Labute approximate surface area is 238 Å². The zero-order valence-corrected chi connectivity index (χ0v) is 25.1. The second kappa shape index (κ2) is 12.6. The molecule has 0 bridgehead atoms. The van der Waals surface area contributed by atoms with Gasteiger partial charge in [0.2, 0.25) is 11.8 Å². The van der Waals surface area contributed by atoms with E-state index in [1.807, 2.05) is 45.9 Å². The van der Waals surface area contributed by atoms with Gasteiger partial charge in [-0.3, -0.25) is 13.9 Å². The Balaban J connectivity index is 2.08. The number of carbonyl (C=O) groups excluding carboxylic acids is 2. The number of nitrogens with one attached hydrogen (secondary N) is 1. The van der Waals surface area contributed by atoms with Crippen molar-refractivity contribution >= 4 is 27.5 Å². The summed E-state index contributed by atoms with van der Waals surface area (Å²) in [7, 11) is -2.56. The summed E-state index contributed by atoms with van der Waals surface area (Å²) in [5, 5.41) is 2.93. The van der Waals surface area contributed by atoms with E-state index in [2.05, 4.69) is 5.32 Å². The second-order valence-corrected chi connectivity index (χ2v) is 12.8. The summed E-state index contributed by atoms with van der Waals surface area (Å²) in [4.78, 5) is 28.8. The molecule has 0 saturated carbocycles. The predicted molar refractivity (Wildman–Crippen MR) is 158 cm³/mol. The average Bonchev–Trinajstić information content (AvgIpc) is 2.91. The number of rotatable bonds is 10. The molecular formula is C31H39N3O5S. The minimum atomic E-state index is -4.11. The first-order chi connectivity index (χ1) is 18.7. The molecule has 3 aromatic carbocycles. The van der Waals surface area contributed by atoms with Crippen LogP contribution < -0.4 is 14.4 Å². The number of sulfonamides is 1. The summed E-state index contributed by atoms with van der Waals surface area (Å²) in [5.74, 6) is -0.242. The molecule has 1 N–H and O–H groups in total. The molecule has 40 heavy (non-hydrogen) atoms. The highest BCUT2D eigenvalue weighted by Crippen LogP contribution is 2.28. The molecule has 3 aromatic rings. The highest BCUT2D eigenvalue weighted by Gasteiger charge is 2.34.